The molecule has 2 N–H and O–H groups in total. The zero-order valence-electron chi connectivity index (χ0n) is 12.9. The van der Waals surface area contributed by atoms with E-state index in [1.807, 2.05) is 13.8 Å². The molecular formula is C13H24N2O5S. The van der Waals surface area contributed by atoms with Crippen LogP contribution in [0.1, 0.15) is 19.6 Å². The van der Waals surface area contributed by atoms with Crippen molar-refractivity contribution in [1.82, 2.24) is 10.0 Å². The molecule has 1 unspecified atom stereocenters. The first-order valence-electron chi connectivity index (χ1n) is 6.72. The van der Waals surface area contributed by atoms with Gasteiger partial charge in [0.1, 0.15) is 5.76 Å². The van der Waals surface area contributed by atoms with Gasteiger partial charge in [-0.3, -0.25) is 0 Å². The molecule has 0 fully saturated rings. The molecule has 0 saturated carbocycles. The van der Waals surface area contributed by atoms with Gasteiger partial charge in [0.25, 0.3) is 10.0 Å². The number of methoxy groups -OCH3 is 2. The first-order chi connectivity index (χ1) is 9.89. The molecule has 0 aliphatic rings. The van der Waals surface area contributed by atoms with Crippen molar-refractivity contribution < 1.29 is 22.3 Å². The van der Waals surface area contributed by atoms with Crippen LogP contribution < -0.4 is 10.0 Å². The van der Waals surface area contributed by atoms with Crippen molar-refractivity contribution in [2.75, 3.05) is 27.4 Å². The fourth-order valence-corrected chi connectivity index (χ4v) is 2.58. The number of sulfonamides is 1. The number of hydrogen-bond donors (Lipinski definition) is 2. The lowest BCUT2D eigenvalue weighted by Crippen LogP contribution is -2.35. The van der Waals surface area contributed by atoms with Gasteiger partial charge in [-0.1, -0.05) is 13.8 Å². The quantitative estimate of drug-likeness (QED) is 0.660. The molecule has 1 aromatic heterocycles. The van der Waals surface area contributed by atoms with E-state index in [0.29, 0.717) is 25.0 Å². The molecule has 1 rings (SSSR count). The van der Waals surface area contributed by atoms with E-state index in [9.17, 15) is 8.42 Å². The summed E-state index contributed by atoms with van der Waals surface area (Å²) in [6.45, 7) is 4.91. The Kier molecular flexibility index (Phi) is 7.33. The predicted octanol–water partition coefficient (Wildman–Crippen LogP) is 0.717. The molecule has 0 spiro atoms. The van der Waals surface area contributed by atoms with Crippen molar-refractivity contribution in [2.24, 2.45) is 0 Å². The predicted molar refractivity (Wildman–Crippen MR) is 78.5 cm³/mol. The number of nitrogens with one attached hydrogen (secondary N) is 2. The Morgan fingerprint density at radius 2 is 2.00 bits per heavy atom. The van der Waals surface area contributed by atoms with Crippen molar-refractivity contribution in [3.05, 3.63) is 17.9 Å². The van der Waals surface area contributed by atoms with E-state index in [0.717, 1.165) is 0 Å². The van der Waals surface area contributed by atoms with E-state index < -0.39 is 10.0 Å². The van der Waals surface area contributed by atoms with Crippen LogP contribution in [0.2, 0.25) is 0 Å². The number of ether oxygens (including phenoxy) is 2. The summed E-state index contributed by atoms with van der Waals surface area (Å²) in [6.07, 6.45) is -0.346. The zero-order chi connectivity index (χ0) is 15.9. The molecule has 0 aliphatic heterocycles. The smallest absolute Gasteiger partial charge is 0.274 e. The molecule has 122 valence electrons. The van der Waals surface area contributed by atoms with Crippen LogP contribution >= 0.6 is 0 Å². The molecule has 1 heterocycles. The van der Waals surface area contributed by atoms with E-state index in [4.69, 9.17) is 13.9 Å². The van der Waals surface area contributed by atoms with Gasteiger partial charge in [-0.15, -0.1) is 0 Å². The third-order valence-electron chi connectivity index (χ3n) is 2.77. The summed E-state index contributed by atoms with van der Waals surface area (Å²) in [7, 11) is -0.652. The Hall–Kier alpha value is -0.930. The van der Waals surface area contributed by atoms with Crippen molar-refractivity contribution in [3.63, 3.8) is 0 Å². The standard InChI is InChI=1S/C13H24N2O5S/c1-10(2)14-7-11-5-6-13(20-11)21(16,17)15-8-12(19-4)9-18-3/h5-6,10,12,14-15H,7-9H2,1-4H3. The minimum absolute atomic E-state index is 0.102. The Labute approximate surface area is 126 Å². The number of hydrogen-bond acceptors (Lipinski definition) is 6. The highest BCUT2D eigenvalue weighted by atomic mass is 32.2. The van der Waals surface area contributed by atoms with E-state index in [1.54, 1.807) is 6.07 Å². The molecule has 1 aromatic rings. The second kappa shape index (κ2) is 8.50. The molecule has 0 amide bonds. The zero-order valence-corrected chi connectivity index (χ0v) is 13.7. The Balaban J connectivity index is 2.61. The van der Waals surface area contributed by atoms with Gasteiger partial charge in [-0.05, 0) is 12.1 Å². The van der Waals surface area contributed by atoms with Crippen LogP contribution in [-0.2, 0) is 26.0 Å². The summed E-state index contributed by atoms with van der Waals surface area (Å²) in [6, 6.07) is 3.38. The van der Waals surface area contributed by atoms with Crippen molar-refractivity contribution >= 4 is 10.0 Å². The summed E-state index contributed by atoms with van der Waals surface area (Å²) >= 11 is 0. The van der Waals surface area contributed by atoms with Gasteiger partial charge in [0, 0.05) is 26.8 Å². The average molecular weight is 320 g/mol. The van der Waals surface area contributed by atoms with E-state index >= 15 is 0 Å². The highest BCUT2D eigenvalue weighted by molar-refractivity contribution is 7.89. The first-order valence-corrected chi connectivity index (χ1v) is 8.21. The normalized spacial score (nSPS) is 13.8. The van der Waals surface area contributed by atoms with Gasteiger partial charge in [0.15, 0.2) is 0 Å². The number of furan rings is 1. The fraction of sp³-hybridized carbons (Fsp3) is 0.692. The van der Waals surface area contributed by atoms with Crippen LogP contribution in [0.25, 0.3) is 0 Å². The molecule has 1 atom stereocenters. The second-order valence-electron chi connectivity index (χ2n) is 4.92. The van der Waals surface area contributed by atoms with Gasteiger partial charge in [0.2, 0.25) is 5.09 Å². The van der Waals surface area contributed by atoms with E-state index in [1.165, 1.54) is 20.3 Å². The van der Waals surface area contributed by atoms with Crippen LogP contribution in [0.3, 0.4) is 0 Å². The number of rotatable bonds is 10. The Bertz CT molecular complexity index is 512. The summed E-state index contributed by atoms with van der Waals surface area (Å²) in [4.78, 5) is 0. The second-order valence-corrected chi connectivity index (χ2v) is 6.62. The van der Waals surface area contributed by atoms with Gasteiger partial charge in [0.05, 0.1) is 19.3 Å². The minimum atomic E-state index is -3.68. The highest BCUT2D eigenvalue weighted by Gasteiger charge is 2.20. The first kappa shape index (κ1) is 18.1. The summed E-state index contributed by atoms with van der Waals surface area (Å²) < 4.78 is 42.0. The molecule has 8 heteroatoms. The largest absolute Gasteiger partial charge is 0.447 e. The van der Waals surface area contributed by atoms with E-state index in [2.05, 4.69) is 10.0 Å². The van der Waals surface area contributed by atoms with E-state index in [-0.39, 0.29) is 17.7 Å². The van der Waals surface area contributed by atoms with Gasteiger partial charge in [-0.25, -0.2) is 13.1 Å². The topological polar surface area (TPSA) is 89.8 Å². The summed E-state index contributed by atoms with van der Waals surface area (Å²) in [5.41, 5.74) is 0. The Morgan fingerprint density at radius 1 is 1.29 bits per heavy atom. The maximum Gasteiger partial charge on any atom is 0.274 e. The van der Waals surface area contributed by atoms with Gasteiger partial charge >= 0.3 is 0 Å². The average Bonchev–Trinajstić information content (AvgIpc) is 2.91. The van der Waals surface area contributed by atoms with Gasteiger partial charge in [-0.2, -0.15) is 0 Å². The fourth-order valence-electron chi connectivity index (χ4n) is 1.57. The maximum absolute atomic E-state index is 12.1. The highest BCUT2D eigenvalue weighted by Crippen LogP contribution is 2.14. The summed E-state index contributed by atoms with van der Waals surface area (Å²) in [5.74, 6) is 0.573. The molecule has 0 saturated heterocycles. The lowest BCUT2D eigenvalue weighted by molar-refractivity contribution is 0.0319. The van der Waals surface area contributed by atoms with Crippen LogP contribution in [0.5, 0.6) is 0 Å². The maximum atomic E-state index is 12.1. The summed E-state index contributed by atoms with van der Waals surface area (Å²) in [5, 5.41) is 3.06. The molecule has 7 nitrogen and oxygen atoms in total. The van der Waals surface area contributed by atoms with Crippen LogP contribution in [0.4, 0.5) is 0 Å². The van der Waals surface area contributed by atoms with Crippen molar-refractivity contribution in [3.8, 4) is 0 Å². The molecule has 0 bridgehead atoms. The lowest BCUT2D eigenvalue weighted by Gasteiger charge is -2.14. The third-order valence-corrected chi connectivity index (χ3v) is 4.07. The van der Waals surface area contributed by atoms with Crippen LogP contribution in [-0.4, -0.2) is 47.9 Å². The molecule has 0 aromatic carbocycles. The van der Waals surface area contributed by atoms with Crippen molar-refractivity contribution in [2.45, 2.75) is 37.6 Å². The third kappa shape index (κ3) is 6.15. The Morgan fingerprint density at radius 3 is 2.57 bits per heavy atom. The molecule has 0 aliphatic carbocycles. The van der Waals surface area contributed by atoms with Crippen molar-refractivity contribution in [1.29, 1.82) is 0 Å². The van der Waals surface area contributed by atoms with Crippen LogP contribution in [0, 0.1) is 0 Å². The molecule has 0 radical (unpaired) electrons. The monoisotopic (exact) mass is 320 g/mol. The van der Waals surface area contributed by atoms with Gasteiger partial charge < -0.3 is 19.2 Å². The molecule has 21 heavy (non-hydrogen) atoms. The SMILES string of the molecule is COCC(CNS(=O)(=O)c1ccc(CNC(C)C)o1)OC. The lowest BCUT2D eigenvalue weighted by atomic mass is 10.3. The molecular weight excluding hydrogens is 296 g/mol. The van der Waals surface area contributed by atoms with Crippen LogP contribution in [0.15, 0.2) is 21.6 Å². The minimum Gasteiger partial charge on any atom is -0.447 e.